The zero-order valence-corrected chi connectivity index (χ0v) is 14.9. The number of benzene rings is 2. The Hall–Kier alpha value is -2.70. The summed E-state index contributed by atoms with van der Waals surface area (Å²) in [5.74, 6) is -1.14. The molecule has 1 fully saturated rings. The first-order chi connectivity index (χ1) is 12.9. The molecular formula is C20H21F3N2O2. The fraction of sp³-hybridized carbons (Fsp3) is 0.350. The van der Waals surface area contributed by atoms with Crippen molar-refractivity contribution in [2.45, 2.75) is 19.0 Å². The van der Waals surface area contributed by atoms with Crippen LogP contribution in [-0.2, 0) is 0 Å². The van der Waals surface area contributed by atoms with E-state index in [2.05, 4.69) is 5.32 Å². The van der Waals surface area contributed by atoms with Gasteiger partial charge < -0.3 is 15.0 Å². The van der Waals surface area contributed by atoms with Crippen LogP contribution in [0.2, 0.25) is 0 Å². The number of hydrogen-bond acceptors (Lipinski definition) is 3. The van der Waals surface area contributed by atoms with Gasteiger partial charge in [-0.15, -0.1) is 0 Å². The summed E-state index contributed by atoms with van der Waals surface area (Å²) in [5, 5.41) is 3.16. The van der Waals surface area contributed by atoms with Gasteiger partial charge in [-0.05, 0) is 49.2 Å². The largest absolute Gasteiger partial charge is 0.497 e. The van der Waals surface area contributed by atoms with Crippen LogP contribution >= 0.6 is 0 Å². The minimum atomic E-state index is -4.28. The molecule has 0 radical (unpaired) electrons. The number of likely N-dealkylation sites (tertiary alicyclic amines) is 1. The van der Waals surface area contributed by atoms with Gasteiger partial charge in [-0.25, -0.2) is 0 Å². The molecule has 144 valence electrons. The second-order valence-electron chi connectivity index (χ2n) is 6.53. The minimum absolute atomic E-state index is 0.0685. The van der Waals surface area contributed by atoms with Gasteiger partial charge in [0.2, 0.25) is 0 Å². The Kier molecular flexibility index (Phi) is 5.58. The quantitative estimate of drug-likeness (QED) is 0.827. The number of methoxy groups -OCH3 is 1. The molecule has 7 heteroatoms. The standard InChI is InChI=1S/C20H21F3N2O2/c1-27-16-10-8-15(9-11-16)24-18-7-3-2-6-17(18)19(26)25-12-4-5-14(13-25)20(21,22)23/h2-3,6-11,14,24H,4-5,12-13H2,1H3. The first-order valence-electron chi connectivity index (χ1n) is 8.74. The van der Waals surface area contributed by atoms with E-state index in [4.69, 9.17) is 4.74 Å². The van der Waals surface area contributed by atoms with Gasteiger partial charge in [0.25, 0.3) is 5.91 Å². The number of halogens is 3. The van der Waals surface area contributed by atoms with Crippen molar-refractivity contribution in [2.24, 2.45) is 5.92 Å². The summed E-state index contributed by atoms with van der Waals surface area (Å²) in [5.41, 5.74) is 1.67. The topological polar surface area (TPSA) is 41.6 Å². The van der Waals surface area contributed by atoms with E-state index in [1.165, 1.54) is 4.90 Å². The number of nitrogens with zero attached hydrogens (tertiary/aromatic N) is 1. The lowest BCUT2D eigenvalue weighted by Gasteiger charge is -2.34. The molecule has 4 nitrogen and oxygen atoms in total. The highest BCUT2D eigenvalue weighted by atomic mass is 19.4. The molecule has 1 saturated heterocycles. The van der Waals surface area contributed by atoms with Gasteiger partial charge in [0.05, 0.1) is 24.3 Å². The first-order valence-corrected chi connectivity index (χ1v) is 8.74. The Bertz CT molecular complexity index is 791. The van der Waals surface area contributed by atoms with E-state index in [0.717, 1.165) is 5.69 Å². The van der Waals surface area contributed by atoms with E-state index >= 15 is 0 Å². The molecule has 3 rings (SSSR count). The Morgan fingerprint density at radius 1 is 1.15 bits per heavy atom. The van der Waals surface area contributed by atoms with Crippen molar-refractivity contribution in [3.05, 3.63) is 54.1 Å². The van der Waals surface area contributed by atoms with Crippen molar-refractivity contribution in [2.75, 3.05) is 25.5 Å². The van der Waals surface area contributed by atoms with Gasteiger partial charge in [0, 0.05) is 18.8 Å². The van der Waals surface area contributed by atoms with E-state index in [-0.39, 0.29) is 18.9 Å². The predicted molar refractivity (Wildman–Crippen MR) is 97.4 cm³/mol. The summed E-state index contributed by atoms with van der Waals surface area (Å²) < 4.78 is 44.3. The normalized spacial score (nSPS) is 17.5. The van der Waals surface area contributed by atoms with Crippen molar-refractivity contribution in [3.63, 3.8) is 0 Å². The maximum Gasteiger partial charge on any atom is 0.393 e. The average Bonchev–Trinajstić information content (AvgIpc) is 2.68. The van der Waals surface area contributed by atoms with Crippen LogP contribution in [0.15, 0.2) is 48.5 Å². The summed E-state index contributed by atoms with van der Waals surface area (Å²) in [6.45, 7) is 0.0431. The second-order valence-corrected chi connectivity index (χ2v) is 6.53. The molecule has 1 aliphatic heterocycles. The number of carbonyl (C=O) groups is 1. The number of anilines is 2. The molecule has 0 aliphatic carbocycles. The first kappa shape index (κ1) is 19.1. The molecule has 1 heterocycles. The van der Waals surface area contributed by atoms with Crippen molar-refractivity contribution >= 4 is 17.3 Å². The lowest BCUT2D eigenvalue weighted by Crippen LogP contribution is -2.44. The van der Waals surface area contributed by atoms with Gasteiger partial charge in [0.1, 0.15) is 5.75 Å². The van der Waals surface area contributed by atoms with Crippen LogP contribution in [0, 0.1) is 5.92 Å². The third kappa shape index (κ3) is 4.53. The Labute approximate surface area is 155 Å². The fourth-order valence-corrected chi connectivity index (χ4v) is 3.21. The van der Waals surface area contributed by atoms with Crippen LogP contribution in [0.4, 0.5) is 24.5 Å². The number of ether oxygens (including phenoxy) is 1. The van der Waals surface area contributed by atoms with Crippen LogP contribution in [0.25, 0.3) is 0 Å². The monoisotopic (exact) mass is 378 g/mol. The van der Waals surface area contributed by atoms with Crippen molar-refractivity contribution in [1.82, 2.24) is 4.90 Å². The number of amides is 1. The van der Waals surface area contributed by atoms with Crippen LogP contribution < -0.4 is 10.1 Å². The number of piperidine rings is 1. The van der Waals surface area contributed by atoms with Gasteiger partial charge in [-0.1, -0.05) is 12.1 Å². The maximum absolute atomic E-state index is 13.0. The van der Waals surface area contributed by atoms with Crippen molar-refractivity contribution in [1.29, 1.82) is 0 Å². The van der Waals surface area contributed by atoms with Crippen LogP contribution in [0.3, 0.4) is 0 Å². The molecular weight excluding hydrogens is 357 g/mol. The molecule has 27 heavy (non-hydrogen) atoms. The van der Waals surface area contributed by atoms with Crippen molar-refractivity contribution in [3.8, 4) is 5.75 Å². The fourth-order valence-electron chi connectivity index (χ4n) is 3.21. The summed E-state index contributed by atoms with van der Waals surface area (Å²) >= 11 is 0. The number of para-hydroxylation sites is 1. The Morgan fingerprint density at radius 2 is 1.85 bits per heavy atom. The number of hydrogen-bond donors (Lipinski definition) is 1. The van der Waals surface area contributed by atoms with Gasteiger partial charge in [0.15, 0.2) is 0 Å². The third-order valence-corrected chi connectivity index (χ3v) is 4.70. The maximum atomic E-state index is 13.0. The second kappa shape index (κ2) is 7.90. The molecule has 1 atom stereocenters. The zero-order chi connectivity index (χ0) is 19.4. The third-order valence-electron chi connectivity index (χ3n) is 4.70. The van der Waals surface area contributed by atoms with E-state index < -0.39 is 12.1 Å². The summed E-state index contributed by atoms with van der Waals surface area (Å²) in [7, 11) is 1.57. The molecule has 1 unspecified atom stereocenters. The van der Waals surface area contributed by atoms with Crippen LogP contribution in [0.5, 0.6) is 5.75 Å². The van der Waals surface area contributed by atoms with E-state index in [1.54, 1.807) is 55.6 Å². The molecule has 0 aromatic heterocycles. The van der Waals surface area contributed by atoms with E-state index in [0.29, 0.717) is 30.0 Å². The number of alkyl halides is 3. The number of nitrogens with one attached hydrogen (secondary N) is 1. The molecule has 2 aromatic rings. The van der Waals surface area contributed by atoms with E-state index in [9.17, 15) is 18.0 Å². The molecule has 0 bridgehead atoms. The number of rotatable bonds is 4. The SMILES string of the molecule is COc1ccc(Nc2ccccc2C(=O)N2CCCC(C(F)(F)F)C2)cc1. The molecule has 1 N–H and O–H groups in total. The summed E-state index contributed by atoms with van der Waals surface area (Å²) in [4.78, 5) is 14.2. The molecule has 1 aliphatic rings. The molecule has 1 amide bonds. The smallest absolute Gasteiger partial charge is 0.393 e. The summed E-state index contributed by atoms with van der Waals surface area (Å²) in [6, 6.07) is 14.0. The summed E-state index contributed by atoms with van der Waals surface area (Å²) in [6.07, 6.45) is -3.86. The average molecular weight is 378 g/mol. The highest BCUT2D eigenvalue weighted by Crippen LogP contribution is 2.34. The zero-order valence-electron chi connectivity index (χ0n) is 14.9. The van der Waals surface area contributed by atoms with Gasteiger partial charge in [-0.3, -0.25) is 4.79 Å². The van der Waals surface area contributed by atoms with Crippen LogP contribution in [-0.4, -0.2) is 37.2 Å². The lowest BCUT2D eigenvalue weighted by atomic mass is 9.96. The van der Waals surface area contributed by atoms with Crippen molar-refractivity contribution < 1.29 is 22.7 Å². The minimum Gasteiger partial charge on any atom is -0.497 e. The number of carbonyl (C=O) groups excluding carboxylic acids is 1. The van der Waals surface area contributed by atoms with Gasteiger partial charge in [-0.2, -0.15) is 13.2 Å². The van der Waals surface area contributed by atoms with E-state index in [1.807, 2.05) is 0 Å². The Morgan fingerprint density at radius 3 is 2.52 bits per heavy atom. The lowest BCUT2D eigenvalue weighted by molar-refractivity contribution is -0.184. The highest BCUT2D eigenvalue weighted by Gasteiger charge is 2.42. The molecule has 0 spiro atoms. The molecule has 2 aromatic carbocycles. The van der Waals surface area contributed by atoms with Crippen LogP contribution in [0.1, 0.15) is 23.2 Å². The highest BCUT2D eigenvalue weighted by molar-refractivity contribution is 6.00. The van der Waals surface area contributed by atoms with Gasteiger partial charge >= 0.3 is 6.18 Å². The molecule has 0 saturated carbocycles. The Balaban J connectivity index is 1.79. The predicted octanol–water partition coefficient (Wildman–Crippen LogP) is 4.85.